The molecule has 0 spiro atoms. The number of amides is 1. The van der Waals surface area contributed by atoms with E-state index in [1.807, 2.05) is 30.3 Å². The number of nitrogens with two attached hydrogens (primary N) is 2. The predicted molar refractivity (Wildman–Crippen MR) is 123 cm³/mol. The summed E-state index contributed by atoms with van der Waals surface area (Å²) < 4.78 is 5.86. The van der Waals surface area contributed by atoms with Crippen LogP contribution in [0.1, 0.15) is 22.3 Å². The van der Waals surface area contributed by atoms with E-state index < -0.39 is 0 Å². The second kappa shape index (κ2) is 9.14. The Morgan fingerprint density at radius 2 is 1.90 bits per heavy atom. The van der Waals surface area contributed by atoms with E-state index in [0.717, 1.165) is 23.1 Å². The molecule has 3 aromatic rings. The van der Waals surface area contributed by atoms with Gasteiger partial charge in [0.05, 0.1) is 0 Å². The summed E-state index contributed by atoms with van der Waals surface area (Å²) in [6.07, 6.45) is 2.51. The van der Waals surface area contributed by atoms with Crippen molar-refractivity contribution in [3.8, 4) is 16.9 Å². The molecule has 0 radical (unpaired) electrons. The van der Waals surface area contributed by atoms with Crippen LogP contribution < -0.4 is 16.2 Å². The van der Waals surface area contributed by atoms with Gasteiger partial charge in [-0.15, -0.1) is 0 Å². The summed E-state index contributed by atoms with van der Waals surface area (Å²) in [5.41, 5.74) is 15.0. The SMILES string of the molecule is Nc1ncc(-c2ccc(C(=O)N3CC[C@H](N)C3)cc2)cc1OCc1ccc(Cl)cc1Cl. The minimum absolute atomic E-state index is 0.00111. The van der Waals surface area contributed by atoms with Crippen molar-refractivity contribution in [3.05, 3.63) is 75.9 Å². The Bertz CT molecular complexity index is 1110. The molecule has 4 N–H and O–H groups in total. The third kappa shape index (κ3) is 4.93. The van der Waals surface area contributed by atoms with Crippen molar-refractivity contribution < 1.29 is 9.53 Å². The summed E-state index contributed by atoms with van der Waals surface area (Å²) in [4.78, 5) is 18.6. The number of aromatic nitrogens is 1. The minimum Gasteiger partial charge on any atom is -0.485 e. The van der Waals surface area contributed by atoms with Crippen LogP contribution in [-0.4, -0.2) is 34.9 Å². The van der Waals surface area contributed by atoms with Crippen molar-refractivity contribution in [3.63, 3.8) is 0 Å². The van der Waals surface area contributed by atoms with Crippen LogP contribution in [-0.2, 0) is 6.61 Å². The average molecular weight is 457 g/mol. The molecule has 1 atom stereocenters. The number of nitrogens with zero attached hydrogens (tertiary/aromatic N) is 2. The maximum atomic E-state index is 12.6. The van der Waals surface area contributed by atoms with Crippen molar-refractivity contribution >= 4 is 34.9 Å². The van der Waals surface area contributed by atoms with E-state index in [0.29, 0.717) is 34.4 Å². The lowest BCUT2D eigenvalue weighted by atomic mass is 10.0. The molecule has 4 rings (SSSR count). The topological polar surface area (TPSA) is 94.5 Å². The molecular weight excluding hydrogens is 435 g/mol. The minimum atomic E-state index is -0.00111. The Morgan fingerprint density at radius 3 is 2.58 bits per heavy atom. The van der Waals surface area contributed by atoms with E-state index in [2.05, 4.69) is 4.98 Å². The van der Waals surface area contributed by atoms with Crippen molar-refractivity contribution in [2.45, 2.75) is 19.1 Å². The van der Waals surface area contributed by atoms with Gasteiger partial charge in [-0.3, -0.25) is 4.79 Å². The Labute approximate surface area is 190 Å². The molecule has 0 saturated carbocycles. The first kappa shape index (κ1) is 21.4. The number of nitrogen functional groups attached to an aromatic ring is 1. The highest BCUT2D eigenvalue weighted by Crippen LogP contribution is 2.29. The second-order valence-electron chi connectivity index (χ2n) is 7.51. The van der Waals surface area contributed by atoms with Crippen LogP contribution in [0.4, 0.5) is 5.82 Å². The summed E-state index contributed by atoms with van der Waals surface area (Å²) >= 11 is 12.1. The first-order valence-electron chi connectivity index (χ1n) is 9.88. The van der Waals surface area contributed by atoms with Crippen molar-refractivity contribution in [2.75, 3.05) is 18.8 Å². The number of carbonyl (C=O) groups is 1. The fourth-order valence-electron chi connectivity index (χ4n) is 3.48. The van der Waals surface area contributed by atoms with E-state index in [9.17, 15) is 4.79 Å². The van der Waals surface area contributed by atoms with Crippen LogP contribution in [0.15, 0.2) is 54.7 Å². The summed E-state index contributed by atoms with van der Waals surface area (Å²) in [7, 11) is 0. The standard InChI is InChI=1S/C23H22Cl2N4O2/c24-18-6-5-16(20(25)10-18)13-31-21-9-17(11-28-22(21)27)14-1-3-15(4-2-14)23(30)29-8-7-19(26)12-29/h1-6,9-11,19H,7-8,12-13,26H2,(H2,27,28)/t19-/m0/s1. The fourth-order valence-corrected chi connectivity index (χ4v) is 3.95. The lowest BCUT2D eigenvalue weighted by Crippen LogP contribution is -2.31. The van der Waals surface area contributed by atoms with E-state index in [1.165, 1.54) is 0 Å². The molecule has 2 aromatic carbocycles. The van der Waals surface area contributed by atoms with E-state index >= 15 is 0 Å². The van der Waals surface area contributed by atoms with Gasteiger partial charge in [0, 0.05) is 52.1 Å². The first-order chi connectivity index (χ1) is 14.9. The molecule has 2 heterocycles. The number of likely N-dealkylation sites (tertiary alicyclic amines) is 1. The number of hydrogen-bond acceptors (Lipinski definition) is 5. The largest absolute Gasteiger partial charge is 0.485 e. The number of anilines is 1. The molecule has 1 aromatic heterocycles. The lowest BCUT2D eigenvalue weighted by Gasteiger charge is -2.16. The van der Waals surface area contributed by atoms with Gasteiger partial charge in [-0.05, 0) is 42.3 Å². The zero-order chi connectivity index (χ0) is 22.0. The molecule has 160 valence electrons. The Kier molecular flexibility index (Phi) is 6.32. The normalized spacial score (nSPS) is 15.8. The first-order valence-corrected chi connectivity index (χ1v) is 10.6. The van der Waals surface area contributed by atoms with Gasteiger partial charge in [0.15, 0.2) is 11.6 Å². The van der Waals surface area contributed by atoms with Crippen molar-refractivity contribution in [1.29, 1.82) is 0 Å². The Balaban J connectivity index is 1.49. The molecule has 31 heavy (non-hydrogen) atoms. The third-order valence-electron chi connectivity index (χ3n) is 5.26. The summed E-state index contributed by atoms with van der Waals surface area (Å²) in [6.45, 7) is 1.53. The maximum Gasteiger partial charge on any atom is 0.253 e. The van der Waals surface area contributed by atoms with Gasteiger partial charge in [-0.25, -0.2) is 4.98 Å². The van der Waals surface area contributed by atoms with Gasteiger partial charge < -0.3 is 21.1 Å². The molecule has 6 nitrogen and oxygen atoms in total. The fraction of sp³-hybridized carbons (Fsp3) is 0.217. The molecule has 1 fully saturated rings. The molecular formula is C23H22Cl2N4O2. The summed E-state index contributed by atoms with van der Waals surface area (Å²) in [6, 6.07) is 14.5. The number of carbonyl (C=O) groups excluding carboxylic acids is 1. The number of ether oxygens (including phenoxy) is 1. The van der Waals surface area contributed by atoms with Crippen molar-refractivity contribution in [1.82, 2.24) is 9.88 Å². The number of halogens is 2. The van der Waals surface area contributed by atoms with Crippen LogP contribution in [0, 0.1) is 0 Å². The van der Waals surface area contributed by atoms with Gasteiger partial charge in [0.1, 0.15) is 6.61 Å². The molecule has 1 amide bonds. The smallest absolute Gasteiger partial charge is 0.253 e. The van der Waals surface area contributed by atoms with Gasteiger partial charge >= 0.3 is 0 Å². The number of pyridine rings is 1. The van der Waals surface area contributed by atoms with Crippen LogP contribution in [0.2, 0.25) is 10.0 Å². The third-order valence-corrected chi connectivity index (χ3v) is 5.84. The molecule has 0 bridgehead atoms. The van der Waals surface area contributed by atoms with Gasteiger partial charge in [-0.2, -0.15) is 0 Å². The number of hydrogen-bond donors (Lipinski definition) is 2. The zero-order valence-electron chi connectivity index (χ0n) is 16.7. The summed E-state index contributed by atoms with van der Waals surface area (Å²) in [5, 5.41) is 1.08. The van der Waals surface area contributed by atoms with Crippen molar-refractivity contribution in [2.24, 2.45) is 5.73 Å². The monoisotopic (exact) mass is 456 g/mol. The quantitative estimate of drug-likeness (QED) is 0.593. The van der Waals surface area contributed by atoms with E-state index in [1.54, 1.807) is 29.3 Å². The van der Waals surface area contributed by atoms with Crippen LogP contribution >= 0.6 is 23.2 Å². The van der Waals surface area contributed by atoms with Crippen LogP contribution in [0.5, 0.6) is 5.75 Å². The Morgan fingerprint density at radius 1 is 1.13 bits per heavy atom. The molecule has 1 aliphatic rings. The highest BCUT2D eigenvalue weighted by atomic mass is 35.5. The summed E-state index contributed by atoms with van der Waals surface area (Å²) in [5.74, 6) is 0.736. The second-order valence-corrected chi connectivity index (χ2v) is 8.35. The number of benzene rings is 2. The molecule has 0 unspecified atom stereocenters. The molecule has 1 aliphatic heterocycles. The van der Waals surface area contributed by atoms with Crippen LogP contribution in [0.25, 0.3) is 11.1 Å². The predicted octanol–water partition coefficient (Wildman–Crippen LogP) is 4.39. The highest BCUT2D eigenvalue weighted by molar-refractivity contribution is 6.35. The van der Waals surface area contributed by atoms with Crippen LogP contribution in [0.3, 0.4) is 0 Å². The van der Waals surface area contributed by atoms with E-state index in [-0.39, 0.29) is 24.4 Å². The van der Waals surface area contributed by atoms with Gasteiger partial charge in [0.25, 0.3) is 5.91 Å². The van der Waals surface area contributed by atoms with Gasteiger partial charge in [0.2, 0.25) is 0 Å². The molecule has 8 heteroatoms. The van der Waals surface area contributed by atoms with E-state index in [4.69, 9.17) is 39.4 Å². The lowest BCUT2D eigenvalue weighted by molar-refractivity contribution is 0.0791. The maximum absolute atomic E-state index is 12.6. The number of rotatable bonds is 5. The molecule has 1 saturated heterocycles. The van der Waals surface area contributed by atoms with Gasteiger partial charge in [-0.1, -0.05) is 41.4 Å². The molecule has 0 aliphatic carbocycles. The zero-order valence-corrected chi connectivity index (χ0v) is 18.2. The highest BCUT2D eigenvalue weighted by Gasteiger charge is 2.24. The average Bonchev–Trinajstić information content (AvgIpc) is 3.20. The Hall–Kier alpha value is -2.80.